The van der Waals surface area contributed by atoms with E-state index >= 15 is 0 Å². The molecule has 6 heterocycles. The summed E-state index contributed by atoms with van der Waals surface area (Å²) in [5.74, 6) is -4.33. The van der Waals surface area contributed by atoms with Gasteiger partial charge in [-0.15, -0.1) is 0 Å². The molecule has 4 aromatic rings. The Balaban J connectivity index is -0.000000754. The van der Waals surface area contributed by atoms with Crippen LogP contribution in [0.25, 0.3) is 22.3 Å². The molecule has 10 N–H and O–H groups in total. The number of fused-ring (bicyclic) bond motifs is 2. The van der Waals surface area contributed by atoms with E-state index in [0.29, 0.717) is 22.3 Å². The van der Waals surface area contributed by atoms with Crippen molar-refractivity contribution >= 4 is 46.2 Å². The molecular weight excluding hydrogens is 978 g/mol. The number of rotatable bonds is 4. The zero-order valence-corrected chi connectivity index (χ0v) is 35.1. The molecule has 2 radical (unpaired) electrons. The summed E-state index contributed by atoms with van der Waals surface area (Å²) in [6.07, 6.45) is -2.55. The van der Waals surface area contributed by atoms with Gasteiger partial charge in [-0.05, 0) is 27.7 Å². The number of carboxylic acids is 4. The van der Waals surface area contributed by atoms with Gasteiger partial charge in [0.05, 0.1) is 38.5 Å². The van der Waals surface area contributed by atoms with Gasteiger partial charge in [0.2, 0.25) is 0 Å². The summed E-state index contributed by atoms with van der Waals surface area (Å²) in [5.41, 5.74) is 1.85. The molecule has 2 fully saturated rings. The van der Waals surface area contributed by atoms with Gasteiger partial charge < -0.3 is 94.3 Å². The number of nitrogens with one attached hydrogen (secondary N) is 2. The van der Waals surface area contributed by atoms with Crippen LogP contribution < -0.4 is 31.4 Å². The third-order valence-electron chi connectivity index (χ3n) is 6.98. The van der Waals surface area contributed by atoms with E-state index in [2.05, 4.69) is 19.9 Å². The number of aryl methyl sites for hydroxylation is 2. The number of carboxylic acid groups (broad SMARTS) is 4. The zero-order chi connectivity index (χ0) is 43.2. The number of carbonyl (C=O) groups is 4. The average molecular weight is 1020 g/mol. The van der Waals surface area contributed by atoms with Crippen molar-refractivity contribution in [1.29, 1.82) is 10.8 Å². The predicted octanol–water partition coefficient (Wildman–Crippen LogP) is -10.1. The number of hydrogen-bond donors (Lipinski definition) is 8. The van der Waals surface area contributed by atoms with Crippen LogP contribution in [0.1, 0.15) is 40.2 Å². The second-order valence-corrected chi connectivity index (χ2v) is 11.5. The maximum Gasteiger partial charge on any atom is 2.00 e. The number of aliphatic carboxylic acids is 4. The molecule has 6 rings (SSSR count). The Bertz CT molecular complexity index is 1880. The first kappa shape index (κ1) is 58.8. The Morgan fingerprint density at radius 1 is 0.593 bits per heavy atom. The Morgan fingerprint density at radius 2 is 0.847 bits per heavy atom. The molecule has 334 valence electrons. The average Bonchev–Trinajstić information content (AvgIpc) is 3.85. The Morgan fingerprint density at radius 3 is 1.07 bits per heavy atom. The molecule has 0 saturated carbocycles. The fourth-order valence-corrected chi connectivity index (χ4v) is 4.62. The summed E-state index contributed by atoms with van der Waals surface area (Å²) in [5, 5.41) is 109. The van der Waals surface area contributed by atoms with Gasteiger partial charge in [0.25, 0.3) is 0 Å². The minimum absolute atomic E-state index is 0. The molecule has 29 heteroatoms. The first-order valence-electron chi connectivity index (χ1n) is 15.8. The molecule has 0 bridgehead atoms. The van der Waals surface area contributed by atoms with Crippen molar-refractivity contribution in [2.45, 2.75) is 76.8 Å². The summed E-state index contributed by atoms with van der Waals surface area (Å²) < 4.78 is 16.8. The number of carbonyl (C=O) groups excluding carboxylic acids is 4. The van der Waals surface area contributed by atoms with Crippen LogP contribution in [0.5, 0.6) is 0 Å². The van der Waals surface area contributed by atoms with Gasteiger partial charge in [0, 0.05) is 38.0 Å². The number of aliphatic hydroxyl groups excluding tert-OH is 6. The number of ether oxygens (including phenoxy) is 2. The quantitative estimate of drug-likeness (QED) is 0.0880. The van der Waals surface area contributed by atoms with E-state index in [0.717, 1.165) is 27.7 Å². The number of nitrogens with zero attached hydrogens (tertiary/aromatic N) is 8. The molecule has 59 heavy (non-hydrogen) atoms. The standard InChI is InChI=1S/2C11H15N5O4.4C2H4O2.H2O.2Rh/c2*1-15-3-14-10-6(9(15)12)13-4-16(10)11-8(19)7(18)5(2-17)20-11;4*1-2(3)4;;;/h2*3-5,7-8,11-12,17-19H,2H2,1H3;4*1H3,(H,3,4);1H2;;/q;;;;;;;2*+2/p-4. The molecule has 4 aromatic heterocycles. The maximum absolute atomic E-state index is 10.00. The van der Waals surface area contributed by atoms with Gasteiger partial charge in [-0.1, -0.05) is 0 Å². The molecule has 8 unspecified atom stereocenters. The van der Waals surface area contributed by atoms with E-state index in [1.54, 1.807) is 14.1 Å². The number of imidazole rings is 2. The molecule has 0 spiro atoms. The first-order chi connectivity index (χ1) is 26.0. The van der Waals surface area contributed by atoms with Crippen molar-refractivity contribution in [3.63, 3.8) is 0 Å². The van der Waals surface area contributed by atoms with Gasteiger partial charge in [0.15, 0.2) is 34.7 Å². The summed E-state index contributed by atoms with van der Waals surface area (Å²) in [6, 6.07) is 0. The SMILES string of the molecule is CC(=O)[O-].CC(=O)[O-].CC(=O)[O-].CC(=O)[O-].Cn1cnc2c(ncn2C2OC(CO)C(O)C2O)c1=N.Cn1cnc2c(ncn2C2OC(CO)C(O)C2O)c1=N.O.[Rh+2].[Rh+2]. The van der Waals surface area contributed by atoms with Crippen LogP contribution in [0.3, 0.4) is 0 Å². The smallest absolute Gasteiger partial charge is 0.550 e. The number of hydrogen-bond acceptors (Lipinski definition) is 22. The van der Waals surface area contributed by atoms with Crippen molar-refractivity contribution in [2.24, 2.45) is 14.1 Å². The van der Waals surface area contributed by atoms with Gasteiger partial charge in [-0.2, -0.15) is 0 Å². The van der Waals surface area contributed by atoms with Crippen LogP contribution in [0.4, 0.5) is 0 Å². The van der Waals surface area contributed by atoms with E-state index < -0.39 is 86.2 Å². The van der Waals surface area contributed by atoms with E-state index in [1.165, 1.54) is 43.6 Å². The molecule has 2 aliphatic rings. The van der Waals surface area contributed by atoms with E-state index in [1.807, 2.05) is 0 Å². The Labute approximate surface area is 358 Å². The van der Waals surface area contributed by atoms with Crippen molar-refractivity contribution in [3.05, 3.63) is 36.3 Å². The summed E-state index contributed by atoms with van der Waals surface area (Å²) in [4.78, 5) is 52.1. The first-order valence-corrected chi connectivity index (χ1v) is 15.8. The largest absolute Gasteiger partial charge is 2.00 e. The molecule has 2 saturated heterocycles. The molecule has 8 atom stereocenters. The summed E-state index contributed by atoms with van der Waals surface area (Å²) in [6.45, 7) is 3.10. The molecule has 2 aliphatic heterocycles. The normalized spacial score (nSPS) is 22.2. The summed E-state index contributed by atoms with van der Waals surface area (Å²) in [7, 11) is 3.36. The third kappa shape index (κ3) is 16.9. The predicted molar refractivity (Wildman–Crippen MR) is 177 cm³/mol. The molecule has 0 aromatic carbocycles. The monoisotopic (exact) mass is 1020 g/mol. The molecule has 0 amide bonds. The molecule has 0 aliphatic carbocycles. The Kier molecular flexibility index (Phi) is 27.2. The van der Waals surface area contributed by atoms with Gasteiger partial charge in [0.1, 0.15) is 47.7 Å². The van der Waals surface area contributed by atoms with Crippen molar-refractivity contribution < 1.29 is 124 Å². The van der Waals surface area contributed by atoms with E-state index in [-0.39, 0.29) is 55.4 Å². The molecule has 27 nitrogen and oxygen atoms in total. The second kappa shape index (κ2) is 27.3. The fourth-order valence-electron chi connectivity index (χ4n) is 4.62. The van der Waals surface area contributed by atoms with Crippen molar-refractivity contribution in [3.8, 4) is 0 Å². The maximum atomic E-state index is 10.00. The van der Waals surface area contributed by atoms with E-state index in [9.17, 15) is 20.4 Å². The number of aliphatic hydroxyl groups is 6. The van der Waals surface area contributed by atoms with Crippen LogP contribution in [0.15, 0.2) is 25.3 Å². The number of aromatic nitrogens is 8. The van der Waals surface area contributed by atoms with Crippen LogP contribution >= 0.6 is 0 Å². The minimum Gasteiger partial charge on any atom is -0.550 e. The van der Waals surface area contributed by atoms with E-state index in [4.69, 9.17) is 70.1 Å². The minimum atomic E-state index is -1.20. The Hall–Kier alpha value is -4.53. The van der Waals surface area contributed by atoms with Crippen LogP contribution in [-0.4, -0.2) is 148 Å². The van der Waals surface area contributed by atoms with Crippen molar-refractivity contribution in [1.82, 2.24) is 38.2 Å². The van der Waals surface area contributed by atoms with Gasteiger partial charge in [-0.3, -0.25) is 20.0 Å². The fraction of sp³-hybridized carbons (Fsp3) is 0.533. The van der Waals surface area contributed by atoms with Crippen LogP contribution in [-0.2, 0) is 81.7 Å². The molecular formula is C30H44N10O17Rh2. The summed E-state index contributed by atoms with van der Waals surface area (Å²) >= 11 is 0. The second-order valence-electron chi connectivity index (χ2n) is 11.5. The zero-order valence-electron chi connectivity index (χ0n) is 31.9. The third-order valence-corrected chi connectivity index (χ3v) is 6.98. The van der Waals surface area contributed by atoms with Crippen LogP contribution in [0, 0.1) is 10.8 Å². The van der Waals surface area contributed by atoms with Gasteiger partial charge in [-0.25, -0.2) is 19.9 Å². The van der Waals surface area contributed by atoms with Gasteiger partial charge >= 0.3 is 39.0 Å². The van der Waals surface area contributed by atoms with Crippen LogP contribution in [0.2, 0.25) is 0 Å². The topological polar surface area (TPSA) is 451 Å². The van der Waals surface area contributed by atoms with Crippen molar-refractivity contribution in [2.75, 3.05) is 13.2 Å².